The molecule has 0 saturated carbocycles. The van der Waals surface area contributed by atoms with Crippen molar-refractivity contribution in [3.63, 3.8) is 0 Å². The lowest BCUT2D eigenvalue weighted by molar-refractivity contribution is -0.0103. The van der Waals surface area contributed by atoms with Crippen LogP contribution in [0.5, 0.6) is 0 Å². The minimum absolute atomic E-state index is 0.173. The number of hydrogen-bond acceptors (Lipinski definition) is 4. The van der Waals surface area contributed by atoms with E-state index in [0.29, 0.717) is 6.04 Å². The van der Waals surface area contributed by atoms with Gasteiger partial charge in [-0.15, -0.1) is 11.3 Å². The number of thiophene rings is 1. The first-order valence-electron chi connectivity index (χ1n) is 7.40. The number of ether oxygens (including phenoxy) is 1. The number of aryl methyl sites for hydroxylation is 1. The van der Waals surface area contributed by atoms with Crippen molar-refractivity contribution in [3.05, 3.63) is 20.8 Å². The lowest BCUT2D eigenvalue weighted by Crippen LogP contribution is -2.54. The van der Waals surface area contributed by atoms with Crippen LogP contribution in [0.4, 0.5) is 0 Å². The molecule has 112 valence electrons. The summed E-state index contributed by atoms with van der Waals surface area (Å²) in [6, 6.07) is 2.63. The molecule has 1 saturated heterocycles. The van der Waals surface area contributed by atoms with Gasteiger partial charge in [-0.05, 0) is 38.3 Å². The summed E-state index contributed by atoms with van der Waals surface area (Å²) in [5.41, 5.74) is 1.60. The molecule has 1 aliphatic heterocycles. The van der Waals surface area contributed by atoms with Crippen molar-refractivity contribution in [1.82, 2.24) is 10.2 Å². The Morgan fingerprint density at radius 3 is 2.95 bits per heavy atom. The maximum absolute atomic E-state index is 6.12. The second kappa shape index (κ2) is 5.93. The molecule has 0 amide bonds. The average Bonchev–Trinajstić information content (AvgIpc) is 2.97. The van der Waals surface area contributed by atoms with Crippen LogP contribution in [0.2, 0.25) is 4.34 Å². The van der Waals surface area contributed by atoms with E-state index in [0.717, 1.165) is 37.2 Å². The number of halogens is 1. The molecule has 3 rings (SSSR count). The Morgan fingerprint density at radius 1 is 1.45 bits per heavy atom. The third-order valence-electron chi connectivity index (χ3n) is 4.50. The van der Waals surface area contributed by atoms with Crippen molar-refractivity contribution in [2.75, 3.05) is 32.8 Å². The number of fused-ring (bicyclic) bond motifs is 1. The van der Waals surface area contributed by atoms with Gasteiger partial charge >= 0.3 is 0 Å². The Kier molecular flexibility index (Phi) is 4.39. The lowest BCUT2D eigenvalue weighted by atomic mass is 10.0. The zero-order chi connectivity index (χ0) is 14.2. The number of morpholine rings is 1. The third-order valence-corrected chi connectivity index (χ3v) is 5.84. The maximum Gasteiger partial charge on any atom is 0.0934 e. The fraction of sp³-hybridized carbons (Fsp3) is 0.733. The molecule has 0 spiro atoms. The van der Waals surface area contributed by atoms with Gasteiger partial charge in [0.25, 0.3) is 0 Å². The van der Waals surface area contributed by atoms with Gasteiger partial charge in [-0.2, -0.15) is 0 Å². The number of nitrogens with one attached hydrogen (secondary N) is 1. The predicted octanol–water partition coefficient (Wildman–Crippen LogP) is 3.09. The monoisotopic (exact) mass is 314 g/mol. The van der Waals surface area contributed by atoms with Crippen molar-refractivity contribution >= 4 is 22.9 Å². The SMILES string of the molecule is CC(C)(CNC1CCc2sc(Cl)cc21)N1CCOCC1. The zero-order valence-electron chi connectivity index (χ0n) is 12.2. The van der Waals surface area contributed by atoms with Crippen molar-refractivity contribution in [2.24, 2.45) is 0 Å². The van der Waals surface area contributed by atoms with Crippen LogP contribution in [0.1, 0.15) is 36.8 Å². The van der Waals surface area contributed by atoms with Crippen molar-refractivity contribution in [3.8, 4) is 0 Å². The smallest absolute Gasteiger partial charge is 0.0934 e. The zero-order valence-corrected chi connectivity index (χ0v) is 13.8. The Balaban J connectivity index is 1.59. The Hall–Kier alpha value is -0.130. The van der Waals surface area contributed by atoms with E-state index < -0.39 is 0 Å². The van der Waals surface area contributed by atoms with Gasteiger partial charge in [-0.3, -0.25) is 4.90 Å². The molecule has 0 bridgehead atoms. The standard InChI is InChI=1S/C15H23ClN2OS/c1-15(2,18-5-7-19-8-6-18)10-17-12-3-4-13-11(12)9-14(16)20-13/h9,12,17H,3-8,10H2,1-2H3. The molecule has 2 aliphatic rings. The quantitative estimate of drug-likeness (QED) is 0.924. The van der Waals surface area contributed by atoms with Gasteiger partial charge in [0.05, 0.1) is 17.6 Å². The van der Waals surface area contributed by atoms with Gasteiger partial charge in [0.1, 0.15) is 0 Å². The van der Waals surface area contributed by atoms with Crippen LogP contribution in [-0.2, 0) is 11.2 Å². The number of nitrogens with zero attached hydrogens (tertiary/aromatic N) is 1. The summed E-state index contributed by atoms with van der Waals surface area (Å²) >= 11 is 7.86. The molecule has 1 aliphatic carbocycles. The van der Waals surface area contributed by atoms with Crippen molar-refractivity contribution < 1.29 is 4.74 Å². The summed E-state index contributed by atoms with van der Waals surface area (Å²) in [6.45, 7) is 9.44. The summed E-state index contributed by atoms with van der Waals surface area (Å²) in [5, 5.41) is 3.75. The van der Waals surface area contributed by atoms with Crippen LogP contribution in [0, 0.1) is 0 Å². The van der Waals surface area contributed by atoms with Crippen LogP contribution >= 0.6 is 22.9 Å². The third kappa shape index (κ3) is 3.04. The van der Waals surface area contributed by atoms with E-state index in [-0.39, 0.29) is 5.54 Å². The van der Waals surface area contributed by atoms with Gasteiger partial charge in [0.2, 0.25) is 0 Å². The second-order valence-corrected chi connectivity index (χ2v) is 8.08. The molecule has 1 N–H and O–H groups in total. The Bertz CT molecular complexity index is 468. The van der Waals surface area contributed by atoms with Gasteiger partial charge in [-0.25, -0.2) is 0 Å². The topological polar surface area (TPSA) is 24.5 Å². The molecular weight excluding hydrogens is 292 g/mol. The lowest BCUT2D eigenvalue weighted by Gasteiger charge is -2.41. The average molecular weight is 315 g/mol. The fourth-order valence-corrected chi connectivity index (χ4v) is 4.55. The summed E-state index contributed by atoms with van der Waals surface area (Å²) in [6.07, 6.45) is 2.37. The maximum atomic E-state index is 6.12. The minimum atomic E-state index is 0.173. The molecule has 20 heavy (non-hydrogen) atoms. The van der Waals surface area contributed by atoms with Crippen molar-refractivity contribution in [1.29, 1.82) is 0 Å². The Morgan fingerprint density at radius 2 is 2.20 bits per heavy atom. The molecule has 5 heteroatoms. The first kappa shape index (κ1) is 14.8. The Labute approximate surface area is 130 Å². The van der Waals surface area contributed by atoms with E-state index in [2.05, 4.69) is 30.1 Å². The van der Waals surface area contributed by atoms with Gasteiger partial charge in [-0.1, -0.05) is 11.6 Å². The summed E-state index contributed by atoms with van der Waals surface area (Å²) in [5.74, 6) is 0. The van der Waals surface area contributed by atoms with E-state index in [4.69, 9.17) is 16.3 Å². The first-order chi connectivity index (χ1) is 9.56. The minimum Gasteiger partial charge on any atom is -0.379 e. The predicted molar refractivity (Wildman–Crippen MR) is 84.9 cm³/mol. The second-order valence-electron chi connectivity index (χ2n) is 6.31. The highest BCUT2D eigenvalue weighted by Gasteiger charge is 2.31. The molecule has 3 nitrogen and oxygen atoms in total. The summed E-state index contributed by atoms with van der Waals surface area (Å²) in [4.78, 5) is 4.00. The number of rotatable bonds is 4. The van der Waals surface area contributed by atoms with E-state index in [1.807, 2.05) is 0 Å². The van der Waals surface area contributed by atoms with E-state index in [9.17, 15) is 0 Å². The molecule has 1 unspecified atom stereocenters. The normalized spacial score (nSPS) is 24.1. The summed E-state index contributed by atoms with van der Waals surface area (Å²) < 4.78 is 6.37. The highest BCUT2D eigenvalue weighted by molar-refractivity contribution is 7.16. The molecule has 1 aromatic heterocycles. The first-order valence-corrected chi connectivity index (χ1v) is 8.60. The largest absolute Gasteiger partial charge is 0.379 e. The highest BCUT2D eigenvalue weighted by Crippen LogP contribution is 2.39. The molecule has 2 heterocycles. The van der Waals surface area contributed by atoms with Crippen LogP contribution in [0.25, 0.3) is 0 Å². The van der Waals surface area contributed by atoms with E-state index in [1.165, 1.54) is 23.3 Å². The highest BCUT2D eigenvalue weighted by atomic mass is 35.5. The molecule has 1 atom stereocenters. The molecule has 0 radical (unpaired) electrons. The fourth-order valence-electron chi connectivity index (χ4n) is 3.20. The molecule has 1 fully saturated rings. The molecule has 1 aromatic rings. The molecule has 0 aromatic carbocycles. The van der Waals surface area contributed by atoms with E-state index in [1.54, 1.807) is 11.3 Å². The number of hydrogen-bond donors (Lipinski definition) is 1. The van der Waals surface area contributed by atoms with E-state index >= 15 is 0 Å². The molecular formula is C15H23ClN2OS. The van der Waals surface area contributed by atoms with Gasteiger partial charge < -0.3 is 10.1 Å². The van der Waals surface area contributed by atoms with Crippen LogP contribution in [0.15, 0.2) is 6.07 Å². The summed E-state index contributed by atoms with van der Waals surface area (Å²) in [7, 11) is 0. The van der Waals surface area contributed by atoms with Crippen LogP contribution in [-0.4, -0.2) is 43.3 Å². The van der Waals surface area contributed by atoms with Gasteiger partial charge in [0.15, 0.2) is 0 Å². The van der Waals surface area contributed by atoms with Crippen LogP contribution < -0.4 is 5.32 Å². The van der Waals surface area contributed by atoms with Crippen molar-refractivity contribution in [2.45, 2.75) is 38.3 Å². The van der Waals surface area contributed by atoms with Gasteiger partial charge in [0, 0.05) is 36.1 Å². The van der Waals surface area contributed by atoms with Crippen LogP contribution in [0.3, 0.4) is 0 Å².